The molecule has 1 heterocycles. The van der Waals surface area contributed by atoms with Crippen molar-refractivity contribution in [2.45, 2.75) is 19.3 Å². The fraction of sp³-hybridized carbons (Fsp3) is 0.429. The van der Waals surface area contributed by atoms with E-state index in [-0.39, 0.29) is 11.9 Å². The van der Waals surface area contributed by atoms with Gasteiger partial charge in [0.05, 0.1) is 0 Å². The molecular weight excluding hydrogens is 256 g/mol. The molecule has 1 saturated heterocycles. The molecule has 5 N–H and O–H groups in total. The molecule has 1 aromatic rings. The number of nitrogen functional groups attached to an aromatic ring is 1. The predicted molar refractivity (Wildman–Crippen MR) is 78.0 cm³/mol. The molecule has 0 radical (unpaired) electrons. The first-order chi connectivity index (χ1) is 9.54. The van der Waals surface area contributed by atoms with E-state index in [1.807, 2.05) is 0 Å². The fourth-order valence-electron chi connectivity index (χ4n) is 2.39. The summed E-state index contributed by atoms with van der Waals surface area (Å²) in [6.07, 6.45) is 2.05. The number of carbonyl (C=O) groups excluding carboxylic acids is 2. The highest BCUT2D eigenvalue weighted by atomic mass is 16.2. The zero-order valence-corrected chi connectivity index (χ0v) is 11.3. The zero-order valence-electron chi connectivity index (χ0n) is 11.3. The molecule has 6 heteroatoms. The van der Waals surface area contributed by atoms with Gasteiger partial charge in [-0.3, -0.25) is 4.79 Å². The largest absolute Gasteiger partial charge is 0.399 e. The molecule has 108 valence electrons. The average molecular weight is 276 g/mol. The number of nitrogens with zero attached hydrogens (tertiary/aromatic N) is 1. The summed E-state index contributed by atoms with van der Waals surface area (Å²) in [7, 11) is 0. The molecule has 20 heavy (non-hydrogen) atoms. The van der Waals surface area contributed by atoms with E-state index < -0.39 is 0 Å². The Kier molecular flexibility index (Phi) is 4.45. The van der Waals surface area contributed by atoms with Crippen molar-refractivity contribution in [2.24, 2.45) is 11.7 Å². The maximum Gasteiger partial charge on any atom is 0.321 e. The molecule has 1 aliphatic heterocycles. The van der Waals surface area contributed by atoms with Crippen LogP contribution in [-0.2, 0) is 4.79 Å². The Hall–Kier alpha value is -2.24. The van der Waals surface area contributed by atoms with Gasteiger partial charge in [-0.2, -0.15) is 0 Å². The Morgan fingerprint density at radius 3 is 2.35 bits per heavy atom. The number of piperidine rings is 1. The lowest BCUT2D eigenvalue weighted by molar-refractivity contribution is -0.119. The molecule has 0 unspecified atom stereocenters. The number of hydrogen-bond donors (Lipinski definition) is 3. The van der Waals surface area contributed by atoms with Gasteiger partial charge in [0.2, 0.25) is 5.91 Å². The second-order valence-corrected chi connectivity index (χ2v) is 5.15. The number of amides is 3. The Morgan fingerprint density at radius 2 is 1.80 bits per heavy atom. The van der Waals surface area contributed by atoms with Crippen LogP contribution in [-0.4, -0.2) is 29.9 Å². The Balaban J connectivity index is 1.82. The van der Waals surface area contributed by atoms with Gasteiger partial charge in [-0.1, -0.05) is 0 Å². The third-order valence-corrected chi connectivity index (χ3v) is 3.55. The molecule has 1 fully saturated rings. The number of hydrogen-bond acceptors (Lipinski definition) is 3. The third kappa shape index (κ3) is 3.88. The van der Waals surface area contributed by atoms with Gasteiger partial charge in [-0.05, 0) is 43.0 Å². The summed E-state index contributed by atoms with van der Waals surface area (Å²) in [6.45, 7) is 1.30. The highest BCUT2D eigenvalue weighted by Gasteiger charge is 2.23. The van der Waals surface area contributed by atoms with Crippen LogP contribution >= 0.6 is 0 Å². The predicted octanol–water partition coefficient (Wildman–Crippen LogP) is 1.39. The van der Waals surface area contributed by atoms with E-state index in [9.17, 15) is 9.59 Å². The lowest BCUT2D eigenvalue weighted by atomic mass is 9.93. The summed E-state index contributed by atoms with van der Waals surface area (Å²) in [5.74, 6) is 0.0304. The number of anilines is 2. The van der Waals surface area contributed by atoms with Crippen LogP contribution in [0.1, 0.15) is 19.3 Å². The number of rotatable bonds is 3. The smallest absolute Gasteiger partial charge is 0.321 e. The molecule has 6 nitrogen and oxygen atoms in total. The van der Waals surface area contributed by atoms with Crippen molar-refractivity contribution in [3.05, 3.63) is 24.3 Å². The van der Waals surface area contributed by atoms with E-state index >= 15 is 0 Å². The molecule has 2 rings (SSSR count). The van der Waals surface area contributed by atoms with Gasteiger partial charge >= 0.3 is 6.03 Å². The van der Waals surface area contributed by atoms with Crippen molar-refractivity contribution in [3.63, 3.8) is 0 Å². The maximum atomic E-state index is 12.1. The van der Waals surface area contributed by atoms with Crippen LogP contribution in [0.5, 0.6) is 0 Å². The Morgan fingerprint density at radius 1 is 1.20 bits per heavy atom. The Bertz CT molecular complexity index is 478. The highest BCUT2D eigenvalue weighted by Crippen LogP contribution is 2.21. The molecule has 3 amide bonds. The molecule has 0 aromatic heterocycles. The Labute approximate surface area is 118 Å². The van der Waals surface area contributed by atoms with Crippen LogP contribution in [0, 0.1) is 5.92 Å². The first-order valence-electron chi connectivity index (χ1n) is 6.74. The van der Waals surface area contributed by atoms with Crippen molar-refractivity contribution in [1.82, 2.24) is 4.90 Å². The normalized spacial score (nSPS) is 15.9. The van der Waals surface area contributed by atoms with Gasteiger partial charge in [0.1, 0.15) is 0 Å². The molecule has 0 bridgehead atoms. The number of carbonyl (C=O) groups is 2. The molecule has 0 aliphatic carbocycles. The quantitative estimate of drug-likeness (QED) is 0.727. The summed E-state index contributed by atoms with van der Waals surface area (Å²) >= 11 is 0. The van der Waals surface area contributed by atoms with Gasteiger partial charge in [-0.15, -0.1) is 0 Å². The summed E-state index contributed by atoms with van der Waals surface area (Å²) in [4.78, 5) is 24.7. The van der Waals surface area contributed by atoms with Crippen LogP contribution < -0.4 is 16.8 Å². The molecule has 0 spiro atoms. The topological polar surface area (TPSA) is 101 Å². The molecule has 0 atom stereocenters. The van der Waals surface area contributed by atoms with Gasteiger partial charge in [0, 0.05) is 30.9 Å². The van der Waals surface area contributed by atoms with E-state index in [0.29, 0.717) is 31.1 Å². The number of primary amides is 1. The number of nitrogens with one attached hydrogen (secondary N) is 1. The van der Waals surface area contributed by atoms with E-state index in [0.717, 1.165) is 18.5 Å². The summed E-state index contributed by atoms with van der Waals surface area (Å²) in [5, 5.41) is 2.83. The summed E-state index contributed by atoms with van der Waals surface area (Å²) < 4.78 is 0. The zero-order chi connectivity index (χ0) is 14.5. The van der Waals surface area contributed by atoms with Gasteiger partial charge in [-0.25, -0.2) is 4.79 Å². The molecule has 0 saturated carbocycles. The minimum absolute atomic E-state index is 0.118. The third-order valence-electron chi connectivity index (χ3n) is 3.55. The number of benzene rings is 1. The van der Waals surface area contributed by atoms with Crippen LogP contribution in [0.3, 0.4) is 0 Å². The number of likely N-dealkylation sites (tertiary alicyclic amines) is 1. The minimum Gasteiger partial charge on any atom is -0.399 e. The lowest BCUT2D eigenvalue weighted by Crippen LogP contribution is -2.41. The maximum absolute atomic E-state index is 12.1. The fourth-order valence-corrected chi connectivity index (χ4v) is 2.39. The van der Waals surface area contributed by atoms with E-state index in [1.54, 1.807) is 29.2 Å². The lowest BCUT2D eigenvalue weighted by Gasteiger charge is -2.31. The second kappa shape index (κ2) is 6.27. The molecule has 1 aliphatic rings. The van der Waals surface area contributed by atoms with Crippen molar-refractivity contribution in [3.8, 4) is 0 Å². The van der Waals surface area contributed by atoms with Gasteiger partial charge in [0.25, 0.3) is 0 Å². The van der Waals surface area contributed by atoms with Crippen LogP contribution in [0.25, 0.3) is 0 Å². The monoisotopic (exact) mass is 276 g/mol. The average Bonchev–Trinajstić information content (AvgIpc) is 2.41. The molecular formula is C14H20N4O2. The highest BCUT2D eigenvalue weighted by molar-refractivity contribution is 5.89. The summed E-state index contributed by atoms with van der Waals surface area (Å²) in [5.41, 5.74) is 12.2. The molecule has 1 aromatic carbocycles. The van der Waals surface area contributed by atoms with Crippen molar-refractivity contribution >= 4 is 23.3 Å². The standard InChI is InChI=1S/C14H20N4O2/c15-11-1-3-12(4-2-11)17-14(20)18-7-5-10(6-8-18)9-13(16)19/h1-4,10H,5-9,15H2,(H2,16,19)(H,17,20). The first kappa shape index (κ1) is 14.2. The van der Waals surface area contributed by atoms with E-state index in [4.69, 9.17) is 11.5 Å². The first-order valence-corrected chi connectivity index (χ1v) is 6.74. The number of nitrogens with two attached hydrogens (primary N) is 2. The van der Waals surface area contributed by atoms with E-state index in [2.05, 4.69) is 5.32 Å². The van der Waals surface area contributed by atoms with Crippen LogP contribution in [0.15, 0.2) is 24.3 Å². The van der Waals surface area contributed by atoms with Gasteiger partial charge < -0.3 is 21.7 Å². The van der Waals surface area contributed by atoms with Crippen molar-refractivity contribution in [1.29, 1.82) is 0 Å². The van der Waals surface area contributed by atoms with Crippen LogP contribution in [0.4, 0.5) is 16.2 Å². The number of urea groups is 1. The van der Waals surface area contributed by atoms with Crippen molar-refractivity contribution in [2.75, 3.05) is 24.1 Å². The SMILES string of the molecule is NC(=O)CC1CCN(C(=O)Nc2ccc(N)cc2)CC1. The van der Waals surface area contributed by atoms with Gasteiger partial charge in [0.15, 0.2) is 0 Å². The van der Waals surface area contributed by atoms with E-state index in [1.165, 1.54) is 0 Å². The summed E-state index contributed by atoms with van der Waals surface area (Å²) in [6, 6.07) is 6.91. The second-order valence-electron chi connectivity index (χ2n) is 5.15. The van der Waals surface area contributed by atoms with Crippen LogP contribution in [0.2, 0.25) is 0 Å². The van der Waals surface area contributed by atoms with Crippen molar-refractivity contribution < 1.29 is 9.59 Å². The minimum atomic E-state index is -0.269.